The molecule has 0 spiro atoms. The summed E-state index contributed by atoms with van der Waals surface area (Å²) < 4.78 is 5.58. The zero-order valence-corrected chi connectivity index (χ0v) is 13.7. The fraction of sp³-hybridized carbons (Fsp3) is 0.923. The Kier molecular flexibility index (Phi) is 9.76. The van der Waals surface area contributed by atoms with Gasteiger partial charge in [0.2, 0.25) is 5.91 Å². The van der Waals surface area contributed by atoms with Crippen LogP contribution in [0.4, 0.5) is 0 Å². The van der Waals surface area contributed by atoms with E-state index in [1.165, 1.54) is 12.8 Å². The number of halogens is 2. The maximum Gasteiger partial charge on any atom is 0.249 e. The van der Waals surface area contributed by atoms with E-state index >= 15 is 0 Å². The Hall–Kier alpha value is -0.0700. The van der Waals surface area contributed by atoms with Crippen molar-refractivity contribution in [2.75, 3.05) is 33.2 Å². The van der Waals surface area contributed by atoms with Gasteiger partial charge < -0.3 is 20.7 Å². The lowest BCUT2D eigenvalue weighted by atomic mass is 9.97. The largest absolute Gasteiger partial charge is 0.364 e. The number of hydrogen-bond acceptors (Lipinski definition) is 4. The molecule has 0 radical (unpaired) electrons. The number of piperidine rings is 1. The van der Waals surface area contributed by atoms with Crippen LogP contribution in [0.1, 0.15) is 25.7 Å². The van der Waals surface area contributed by atoms with Crippen LogP contribution < -0.4 is 11.1 Å². The molecular formula is C13H27Cl2N3O2. The van der Waals surface area contributed by atoms with Crippen LogP contribution in [0, 0.1) is 5.92 Å². The van der Waals surface area contributed by atoms with Crippen LogP contribution in [-0.4, -0.2) is 56.2 Å². The normalized spacial score (nSPS) is 27.5. The van der Waals surface area contributed by atoms with Gasteiger partial charge in [-0.05, 0) is 51.7 Å². The van der Waals surface area contributed by atoms with Gasteiger partial charge in [0.15, 0.2) is 0 Å². The lowest BCUT2D eigenvalue weighted by Gasteiger charge is -2.29. The van der Waals surface area contributed by atoms with Crippen LogP contribution in [0.15, 0.2) is 0 Å². The Labute approximate surface area is 133 Å². The van der Waals surface area contributed by atoms with E-state index in [2.05, 4.69) is 17.3 Å². The van der Waals surface area contributed by atoms with Crippen molar-refractivity contribution in [1.82, 2.24) is 10.2 Å². The van der Waals surface area contributed by atoms with E-state index in [4.69, 9.17) is 10.5 Å². The van der Waals surface area contributed by atoms with Gasteiger partial charge in [0.25, 0.3) is 0 Å². The summed E-state index contributed by atoms with van der Waals surface area (Å²) in [7, 11) is 2.15. The van der Waals surface area contributed by atoms with Crippen molar-refractivity contribution >= 4 is 30.7 Å². The van der Waals surface area contributed by atoms with Gasteiger partial charge in [-0.3, -0.25) is 4.79 Å². The van der Waals surface area contributed by atoms with E-state index < -0.39 is 0 Å². The number of carbonyl (C=O) groups excluding carboxylic acids is 1. The second-order valence-electron chi connectivity index (χ2n) is 5.55. The Morgan fingerprint density at radius 3 is 2.45 bits per heavy atom. The Bertz CT molecular complexity index is 287. The first-order valence-corrected chi connectivity index (χ1v) is 7.01. The number of amides is 1. The summed E-state index contributed by atoms with van der Waals surface area (Å²) in [5.74, 6) is 0.668. The lowest BCUT2D eigenvalue weighted by Crippen LogP contribution is -2.41. The molecule has 2 saturated heterocycles. The van der Waals surface area contributed by atoms with E-state index in [9.17, 15) is 4.79 Å². The SMILES string of the molecule is CN1CCC(CNC(=O)[C@@H]2CC[C@H](CN)O2)CC1.Cl.Cl. The third kappa shape index (κ3) is 5.74. The van der Waals surface area contributed by atoms with E-state index in [1.807, 2.05) is 0 Å². The van der Waals surface area contributed by atoms with Gasteiger partial charge >= 0.3 is 0 Å². The maximum absolute atomic E-state index is 11.9. The number of carbonyl (C=O) groups is 1. The number of hydrogen-bond donors (Lipinski definition) is 2. The zero-order valence-electron chi connectivity index (χ0n) is 12.0. The molecule has 2 atom stereocenters. The summed E-state index contributed by atoms with van der Waals surface area (Å²) >= 11 is 0. The van der Waals surface area contributed by atoms with Gasteiger partial charge in [-0.15, -0.1) is 24.8 Å². The molecule has 0 aromatic rings. The van der Waals surface area contributed by atoms with Crippen molar-refractivity contribution in [1.29, 1.82) is 0 Å². The second-order valence-corrected chi connectivity index (χ2v) is 5.55. The average Bonchev–Trinajstić information content (AvgIpc) is 2.86. The number of nitrogens with two attached hydrogens (primary N) is 1. The van der Waals surface area contributed by atoms with E-state index in [0.717, 1.165) is 32.5 Å². The molecule has 1 amide bonds. The van der Waals surface area contributed by atoms with E-state index in [0.29, 0.717) is 12.5 Å². The summed E-state index contributed by atoms with van der Waals surface area (Å²) in [6.45, 7) is 3.57. The summed E-state index contributed by atoms with van der Waals surface area (Å²) in [4.78, 5) is 14.3. The van der Waals surface area contributed by atoms with Gasteiger partial charge in [0.05, 0.1) is 6.10 Å². The molecule has 0 aliphatic carbocycles. The fourth-order valence-electron chi connectivity index (χ4n) is 2.70. The minimum absolute atomic E-state index is 0. The summed E-state index contributed by atoms with van der Waals surface area (Å²) in [5.41, 5.74) is 5.54. The van der Waals surface area contributed by atoms with Gasteiger partial charge in [0.1, 0.15) is 6.10 Å². The number of rotatable bonds is 4. The van der Waals surface area contributed by atoms with Crippen LogP contribution in [0.3, 0.4) is 0 Å². The first-order chi connectivity index (χ1) is 8.69. The molecule has 0 unspecified atom stereocenters. The van der Waals surface area contributed by atoms with Crippen molar-refractivity contribution < 1.29 is 9.53 Å². The Balaban J connectivity index is 0.00000180. The van der Waals surface area contributed by atoms with Crippen molar-refractivity contribution in [3.05, 3.63) is 0 Å². The molecule has 7 heteroatoms. The molecule has 2 aliphatic rings. The highest BCUT2D eigenvalue weighted by atomic mass is 35.5. The molecule has 2 heterocycles. The highest BCUT2D eigenvalue weighted by Gasteiger charge is 2.30. The molecule has 2 fully saturated rings. The second kappa shape index (κ2) is 9.79. The van der Waals surface area contributed by atoms with E-state index in [1.54, 1.807) is 0 Å². The summed E-state index contributed by atoms with van der Waals surface area (Å²) in [5, 5.41) is 3.03. The van der Waals surface area contributed by atoms with Crippen molar-refractivity contribution in [3.8, 4) is 0 Å². The number of nitrogens with zero attached hydrogens (tertiary/aromatic N) is 1. The van der Waals surface area contributed by atoms with Gasteiger partial charge in [-0.2, -0.15) is 0 Å². The predicted molar refractivity (Wildman–Crippen MR) is 84.7 cm³/mol. The molecule has 2 aliphatic heterocycles. The molecule has 3 N–H and O–H groups in total. The Morgan fingerprint density at radius 2 is 1.90 bits per heavy atom. The van der Waals surface area contributed by atoms with Gasteiger partial charge in [-0.1, -0.05) is 0 Å². The Morgan fingerprint density at radius 1 is 1.25 bits per heavy atom. The predicted octanol–water partition coefficient (Wildman–Crippen LogP) is 0.794. The minimum Gasteiger partial charge on any atom is -0.364 e. The number of ether oxygens (including phenoxy) is 1. The average molecular weight is 328 g/mol. The van der Waals surface area contributed by atoms with Gasteiger partial charge in [-0.25, -0.2) is 0 Å². The van der Waals surface area contributed by atoms with Crippen LogP contribution in [0.25, 0.3) is 0 Å². The number of likely N-dealkylation sites (tertiary alicyclic amines) is 1. The summed E-state index contributed by atoms with van der Waals surface area (Å²) in [6, 6.07) is 0. The summed E-state index contributed by atoms with van der Waals surface area (Å²) in [6.07, 6.45) is 3.86. The van der Waals surface area contributed by atoms with Crippen molar-refractivity contribution in [3.63, 3.8) is 0 Å². The topological polar surface area (TPSA) is 67.6 Å². The van der Waals surface area contributed by atoms with Crippen LogP contribution in [0.5, 0.6) is 0 Å². The monoisotopic (exact) mass is 327 g/mol. The fourth-order valence-corrected chi connectivity index (χ4v) is 2.70. The standard InChI is InChI=1S/C13H25N3O2.2ClH/c1-16-6-4-10(5-7-16)9-15-13(17)12-3-2-11(8-14)18-12;;/h10-12H,2-9,14H2,1H3,(H,15,17);2*1H/t11-,12+;;/m1../s1. The molecule has 0 bridgehead atoms. The molecule has 0 aromatic heterocycles. The molecule has 20 heavy (non-hydrogen) atoms. The van der Waals surface area contributed by atoms with Gasteiger partial charge in [0, 0.05) is 13.1 Å². The first-order valence-electron chi connectivity index (χ1n) is 7.01. The molecule has 120 valence electrons. The van der Waals surface area contributed by atoms with Crippen LogP contribution in [0.2, 0.25) is 0 Å². The molecular weight excluding hydrogens is 301 g/mol. The van der Waals surface area contributed by atoms with Crippen molar-refractivity contribution in [2.24, 2.45) is 11.7 Å². The zero-order chi connectivity index (χ0) is 13.0. The molecule has 5 nitrogen and oxygen atoms in total. The highest BCUT2D eigenvalue weighted by molar-refractivity contribution is 5.85. The highest BCUT2D eigenvalue weighted by Crippen LogP contribution is 2.19. The third-order valence-electron chi connectivity index (χ3n) is 4.07. The quantitative estimate of drug-likeness (QED) is 0.801. The van der Waals surface area contributed by atoms with Crippen LogP contribution >= 0.6 is 24.8 Å². The van der Waals surface area contributed by atoms with Crippen LogP contribution in [-0.2, 0) is 9.53 Å². The molecule has 0 saturated carbocycles. The molecule has 0 aromatic carbocycles. The smallest absolute Gasteiger partial charge is 0.249 e. The number of nitrogens with one attached hydrogen (secondary N) is 1. The van der Waals surface area contributed by atoms with E-state index in [-0.39, 0.29) is 42.9 Å². The lowest BCUT2D eigenvalue weighted by molar-refractivity contribution is -0.132. The van der Waals surface area contributed by atoms with Crippen molar-refractivity contribution in [2.45, 2.75) is 37.9 Å². The minimum atomic E-state index is -0.273. The first kappa shape index (κ1) is 19.9. The maximum atomic E-state index is 11.9. The third-order valence-corrected chi connectivity index (χ3v) is 4.07. The molecule has 2 rings (SSSR count).